The van der Waals surface area contributed by atoms with Crippen molar-refractivity contribution in [3.63, 3.8) is 0 Å². The number of benzene rings is 6. The molecule has 0 bridgehead atoms. The standard InChI is InChI=1S/C26H30N4O2.2C25H25N7O2.C23H21N5O2S/c1-25(2,3)20-8-10-22(11-9-20)30-23(31)26(12-14-32-15-13-26)21-6-4-18(5-7-21)19-16-28-24(27)29-17-19;1-32-16-20(15-30-32)18-4-7-22(27-12-18)31-23(33)25(8-10-34-11-9-25)21-5-2-17(3-6-21)19-13-28-24(26)29-14-19;1-32-15-21(30-16-32)18-4-7-22(27-12-18)31-23(33)25(8-10-34-11-9-25)20-5-2-17(3-6-20)19-13-28-24(26)29-14-19;24-22-25-12-16(13-26-22)15-1-3-17(4-2-15)23(7-9-30-10-8-23)21(29)28-18-5-6-19-20(11-18)31-14-27-19/h4-11,16-17H,12-15H2,1-3H3,(H,30,31)(H2,27,28,29);2*2-7,12-16H,8-11H2,1H3,(H2,26,28,29)(H,27,31,33);1-6,11-14H,7-10H2,(H,28,29)(H2,24,25,26). The second kappa shape index (κ2) is 39.8. The molecule has 4 saturated heterocycles. The first kappa shape index (κ1) is 89.6. The number of hydrogen-bond donors (Lipinski definition) is 8. The summed E-state index contributed by atoms with van der Waals surface area (Å²) < 4.78 is 27.0. The van der Waals surface area contributed by atoms with Crippen LogP contribution in [0.2, 0.25) is 0 Å². The number of fused-ring (bicyclic) bond motifs is 1. The number of ether oxygens (including phenoxy) is 4. The highest BCUT2D eigenvalue weighted by molar-refractivity contribution is 7.16. The molecule has 13 heterocycles. The van der Waals surface area contributed by atoms with Crippen LogP contribution < -0.4 is 44.2 Å². The molecule has 4 aliphatic rings. The summed E-state index contributed by atoms with van der Waals surface area (Å²) in [6, 6.07) is 53.4. The van der Waals surface area contributed by atoms with Gasteiger partial charge < -0.3 is 67.7 Å². The predicted molar refractivity (Wildman–Crippen MR) is 507 cm³/mol. The number of nitrogens with one attached hydrogen (secondary N) is 4. The first-order valence-electron chi connectivity index (χ1n) is 43.1. The zero-order valence-electron chi connectivity index (χ0n) is 73.3. The van der Waals surface area contributed by atoms with Crippen LogP contribution in [0.15, 0.2) is 256 Å². The van der Waals surface area contributed by atoms with Gasteiger partial charge in [-0.15, -0.1) is 11.3 Å². The summed E-state index contributed by atoms with van der Waals surface area (Å²) in [5, 5.41) is 16.5. The fraction of sp³-hybridized carbons (Fsp3) is 0.263. The Bertz CT molecular complexity index is 6190. The van der Waals surface area contributed by atoms with Crippen molar-refractivity contribution in [3.8, 4) is 66.9 Å². The summed E-state index contributed by atoms with van der Waals surface area (Å²) in [6.45, 7) is 10.8. The molecule has 0 unspecified atom stereocenters. The van der Waals surface area contributed by atoms with Crippen molar-refractivity contribution >= 4 is 92.0 Å². The van der Waals surface area contributed by atoms with Gasteiger partial charge in [0.25, 0.3) is 0 Å². The fourth-order valence-corrected chi connectivity index (χ4v) is 17.4. The number of rotatable bonds is 18. The van der Waals surface area contributed by atoms with Crippen molar-refractivity contribution in [2.75, 3.05) is 97.1 Å². The summed E-state index contributed by atoms with van der Waals surface area (Å²) in [6.07, 6.45) is 29.3. The minimum absolute atomic E-state index is 0.00729. The molecule has 0 radical (unpaired) electrons. The van der Waals surface area contributed by atoms with Crippen molar-refractivity contribution in [2.24, 2.45) is 14.1 Å². The number of aryl methyl sites for hydroxylation is 2. The number of anilines is 8. The van der Waals surface area contributed by atoms with E-state index in [2.05, 4.69) is 119 Å². The van der Waals surface area contributed by atoms with Crippen LogP contribution in [0.1, 0.15) is 100.0 Å². The van der Waals surface area contributed by atoms with Crippen molar-refractivity contribution in [1.29, 1.82) is 0 Å². The van der Waals surface area contributed by atoms with Crippen LogP contribution in [0.4, 0.5) is 46.8 Å². The van der Waals surface area contributed by atoms with Gasteiger partial charge >= 0.3 is 0 Å². The van der Waals surface area contributed by atoms with E-state index in [1.807, 2.05) is 182 Å². The average Bonchev–Trinajstić information content (AvgIpc) is 1.58. The van der Waals surface area contributed by atoms with E-state index in [1.165, 1.54) is 5.56 Å². The number of nitrogens with zero attached hydrogens (tertiary/aromatic N) is 15. The van der Waals surface area contributed by atoms with Gasteiger partial charge in [0.2, 0.25) is 47.4 Å². The molecule has 4 aliphatic heterocycles. The van der Waals surface area contributed by atoms with E-state index in [9.17, 15) is 19.2 Å². The number of imidazole rings is 1. The molecule has 19 rings (SSSR count). The average molecular weight is 1770 g/mol. The SMILES string of the molecule is CC(C)(C)c1ccc(NC(=O)C2(c3ccc(-c4cnc(N)nc4)cc3)CCOCC2)cc1.Cn1cc(-c2ccc(NC(=O)C3(c4ccc(-c5cnc(N)nc5)cc4)CCOCC3)nc2)cn1.Cn1cnc(-c2ccc(NC(=O)C3(c4ccc(-c5cnc(N)nc5)cc4)CCOCC3)nc2)c1.Nc1ncc(-c2ccc(C3(C(=O)Nc4ccc5ncsc5c4)CCOCC3)cc2)cn1. The second-order valence-corrected chi connectivity index (χ2v) is 34.7. The lowest BCUT2D eigenvalue weighted by Crippen LogP contribution is -2.45. The minimum Gasteiger partial charge on any atom is -0.381 e. The Labute approximate surface area is 761 Å². The highest BCUT2D eigenvalue weighted by atomic mass is 32.1. The lowest BCUT2D eigenvalue weighted by atomic mass is 9.73. The largest absolute Gasteiger partial charge is 0.381 e. The third kappa shape index (κ3) is 20.8. The van der Waals surface area contributed by atoms with Gasteiger partial charge in [0.05, 0.1) is 55.6 Å². The molecular formula is C99H101N23O8S. The smallest absolute Gasteiger partial charge is 0.236 e. The highest BCUT2D eigenvalue weighted by Crippen LogP contribution is 2.43. The summed E-state index contributed by atoms with van der Waals surface area (Å²) in [4.78, 5) is 104. The molecule has 31 nitrogen and oxygen atoms in total. The molecule has 6 aromatic carbocycles. The van der Waals surface area contributed by atoms with Gasteiger partial charge in [0, 0.05) is 192 Å². The number of carbonyl (C=O) groups excluding carboxylic acids is 4. The fourth-order valence-electron chi connectivity index (χ4n) is 16.7. The van der Waals surface area contributed by atoms with Gasteiger partial charge in [-0.2, -0.15) is 5.10 Å². The van der Waals surface area contributed by atoms with E-state index in [0.29, 0.717) is 116 Å². The van der Waals surface area contributed by atoms with Crippen molar-refractivity contribution in [1.82, 2.24) is 74.2 Å². The minimum atomic E-state index is -0.699. The normalized spacial score (nSPS) is 15.4. The first-order valence-corrected chi connectivity index (χ1v) is 44.0. The molecule has 0 saturated carbocycles. The summed E-state index contributed by atoms with van der Waals surface area (Å²) in [5.41, 5.74) is 40.2. The zero-order valence-corrected chi connectivity index (χ0v) is 74.1. The lowest BCUT2D eigenvalue weighted by molar-refractivity contribution is -0.125. The van der Waals surface area contributed by atoms with Crippen LogP contribution in [0, 0.1) is 0 Å². The van der Waals surface area contributed by atoms with Crippen LogP contribution in [-0.4, -0.2) is 151 Å². The van der Waals surface area contributed by atoms with Gasteiger partial charge in [-0.25, -0.2) is 59.8 Å². The highest BCUT2D eigenvalue weighted by Gasteiger charge is 2.46. The van der Waals surface area contributed by atoms with Crippen molar-refractivity contribution in [3.05, 3.63) is 284 Å². The molecule has 131 heavy (non-hydrogen) atoms. The quantitative estimate of drug-likeness (QED) is 0.0395. The number of nitrogen functional groups attached to an aromatic ring is 4. The summed E-state index contributed by atoms with van der Waals surface area (Å²) >= 11 is 1.56. The molecule has 15 aromatic rings. The van der Waals surface area contributed by atoms with Gasteiger partial charge in [-0.1, -0.05) is 130 Å². The maximum absolute atomic E-state index is 13.6. The van der Waals surface area contributed by atoms with E-state index in [1.54, 1.807) is 96.6 Å². The van der Waals surface area contributed by atoms with Crippen LogP contribution in [-0.2, 0) is 79.3 Å². The number of thiazole rings is 1. The Morgan fingerprint density at radius 1 is 0.344 bits per heavy atom. The Morgan fingerprint density at radius 2 is 0.672 bits per heavy atom. The Balaban J connectivity index is 0.000000128. The molecule has 666 valence electrons. The molecule has 12 N–H and O–H groups in total. The predicted octanol–water partition coefficient (Wildman–Crippen LogP) is 15.1. The van der Waals surface area contributed by atoms with E-state index in [4.69, 9.17) is 41.9 Å². The lowest BCUT2D eigenvalue weighted by Gasteiger charge is -2.36. The molecule has 4 fully saturated rings. The van der Waals surface area contributed by atoms with E-state index in [0.717, 1.165) is 111 Å². The van der Waals surface area contributed by atoms with Crippen molar-refractivity contribution < 1.29 is 38.1 Å². The zero-order chi connectivity index (χ0) is 91.1. The van der Waals surface area contributed by atoms with Gasteiger partial charge in [0.1, 0.15) is 11.6 Å². The monoisotopic (exact) mass is 1770 g/mol. The van der Waals surface area contributed by atoms with Gasteiger partial charge in [0.15, 0.2) is 0 Å². The van der Waals surface area contributed by atoms with Gasteiger partial charge in [-0.3, -0.25) is 23.9 Å². The summed E-state index contributed by atoms with van der Waals surface area (Å²) in [7, 11) is 3.79. The van der Waals surface area contributed by atoms with E-state index >= 15 is 0 Å². The molecule has 0 atom stereocenters. The number of hydrogen-bond acceptors (Lipinski definition) is 26. The van der Waals surface area contributed by atoms with Crippen LogP contribution in [0.25, 0.3) is 77.1 Å². The van der Waals surface area contributed by atoms with Crippen LogP contribution >= 0.6 is 11.3 Å². The maximum Gasteiger partial charge on any atom is 0.236 e. The number of amides is 4. The Hall–Kier alpha value is -14.8. The second-order valence-electron chi connectivity index (χ2n) is 33.8. The number of aromatic nitrogens is 15. The molecule has 32 heteroatoms. The Kier molecular flexibility index (Phi) is 27.2. The molecular weight excluding hydrogens is 1670 g/mol. The number of carbonyl (C=O) groups is 4. The third-order valence-corrected chi connectivity index (χ3v) is 25.3. The topological polar surface area (TPSA) is 435 Å². The van der Waals surface area contributed by atoms with Crippen molar-refractivity contribution in [2.45, 2.75) is 99.2 Å². The first-order chi connectivity index (χ1) is 63.5. The number of nitrogens with two attached hydrogens (primary N) is 4. The molecule has 4 amide bonds. The Morgan fingerprint density at radius 3 is 0.992 bits per heavy atom. The number of pyridine rings is 2. The maximum atomic E-state index is 13.6. The van der Waals surface area contributed by atoms with Crippen LogP contribution in [0.5, 0.6) is 0 Å². The van der Waals surface area contributed by atoms with E-state index in [-0.39, 0.29) is 52.8 Å². The summed E-state index contributed by atoms with van der Waals surface area (Å²) in [5.74, 6) is 1.81. The third-order valence-electron chi connectivity index (χ3n) is 24.5. The molecule has 0 aliphatic carbocycles. The van der Waals surface area contributed by atoms with E-state index < -0.39 is 21.7 Å². The van der Waals surface area contributed by atoms with Gasteiger partial charge in [-0.05, 0) is 161 Å². The van der Waals surface area contributed by atoms with Crippen LogP contribution in [0.3, 0.4) is 0 Å². The molecule has 9 aromatic heterocycles. The molecule has 0 spiro atoms.